The minimum Gasteiger partial charge on any atom is -0.357 e. The molecule has 25 heavy (non-hydrogen) atoms. The van der Waals surface area contributed by atoms with Gasteiger partial charge in [0.1, 0.15) is 0 Å². The fourth-order valence-corrected chi connectivity index (χ4v) is 3.15. The number of aliphatic imine (C=N–C) groups is 1. The standard InChI is InChI=1S/C19H41N5.HI/c1-7-20-19(21-10-8-9-16(2)3)22-15-18(17(4)5)24-13-11-23(6)12-14-24;/h16-18H,7-15H2,1-6H3,(H2,20,21,22);1H. The van der Waals surface area contributed by atoms with E-state index in [4.69, 9.17) is 4.99 Å². The number of guanidine groups is 1. The van der Waals surface area contributed by atoms with Crippen molar-refractivity contribution in [3.05, 3.63) is 0 Å². The highest BCUT2D eigenvalue weighted by Crippen LogP contribution is 2.14. The number of likely N-dealkylation sites (N-methyl/N-ethyl adjacent to an activating group) is 1. The van der Waals surface area contributed by atoms with E-state index >= 15 is 0 Å². The lowest BCUT2D eigenvalue weighted by atomic mass is 10.0. The van der Waals surface area contributed by atoms with E-state index in [1.165, 1.54) is 25.9 Å². The topological polar surface area (TPSA) is 42.9 Å². The van der Waals surface area contributed by atoms with Crippen LogP contribution < -0.4 is 10.6 Å². The predicted octanol–water partition coefficient (Wildman–Crippen LogP) is 2.87. The zero-order valence-electron chi connectivity index (χ0n) is 17.3. The molecule has 1 atom stereocenters. The molecule has 0 aromatic carbocycles. The molecule has 1 aliphatic rings. The monoisotopic (exact) mass is 467 g/mol. The summed E-state index contributed by atoms with van der Waals surface area (Å²) in [6.07, 6.45) is 2.47. The van der Waals surface area contributed by atoms with Gasteiger partial charge in [-0.15, -0.1) is 24.0 Å². The van der Waals surface area contributed by atoms with Crippen LogP contribution in [0.4, 0.5) is 0 Å². The van der Waals surface area contributed by atoms with Crippen LogP contribution in [0, 0.1) is 11.8 Å². The summed E-state index contributed by atoms with van der Waals surface area (Å²) in [6.45, 7) is 18.8. The van der Waals surface area contributed by atoms with E-state index in [1.54, 1.807) is 0 Å². The highest BCUT2D eigenvalue weighted by molar-refractivity contribution is 14.0. The number of piperazine rings is 1. The second-order valence-corrected chi connectivity index (χ2v) is 7.83. The molecule has 0 aromatic rings. The van der Waals surface area contributed by atoms with Gasteiger partial charge in [0.05, 0.1) is 6.54 Å². The molecule has 0 saturated carbocycles. The minimum atomic E-state index is 0. The van der Waals surface area contributed by atoms with Gasteiger partial charge in [0.2, 0.25) is 0 Å². The quantitative estimate of drug-likeness (QED) is 0.237. The van der Waals surface area contributed by atoms with Gasteiger partial charge >= 0.3 is 0 Å². The van der Waals surface area contributed by atoms with Gasteiger partial charge in [0, 0.05) is 45.3 Å². The normalized spacial score (nSPS) is 18.3. The molecule has 1 aliphatic heterocycles. The first kappa shape index (κ1) is 24.9. The number of hydrogen-bond donors (Lipinski definition) is 2. The minimum absolute atomic E-state index is 0. The van der Waals surface area contributed by atoms with E-state index in [0.717, 1.165) is 44.6 Å². The van der Waals surface area contributed by atoms with Crippen LogP contribution in [0.3, 0.4) is 0 Å². The van der Waals surface area contributed by atoms with E-state index in [0.29, 0.717) is 12.0 Å². The van der Waals surface area contributed by atoms with Crippen LogP contribution in [0.25, 0.3) is 0 Å². The van der Waals surface area contributed by atoms with Crippen LogP contribution in [0.15, 0.2) is 4.99 Å². The maximum absolute atomic E-state index is 4.89. The van der Waals surface area contributed by atoms with E-state index < -0.39 is 0 Å². The molecule has 1 saturated heterocycles. The van der Waals surface area contributed by atoms with Gasteiger partial charge in [-0.05, 0) is 38.6 Å². The fourth-order valence-electron chi connectivity index (χ4n) is 3.15. The Hall–Kier alpha value is -0.0800. The third-order valence-corrected chi connectivity index (χ3v) is 4.81. The molecule has 0 radical (unpaired) electrons. The molecule has 0 aromatic heterocycles. The molecule has 0 aliphatic carbocycles. The van der Waals surface area contributed by atoms with Crippen molar-refractivity contribution in [2.75, 3.05) is 52.9 Å². The first-order valence-corrected chi connectivity index (χ1v) is 9.88. The molecule has 5 nitrogen and oxygen atoms in total. The third kappa shape index (κ3) is 10.6. The van der Waals surface area contributed by atoms with Crippen molar-refractivity contribution in [1.29, 1.82) is 0 Å². The number of halogens is 1. The Balaban J connectivity index is 0.00000576. The maximum Gasteiger partial charge on any atom is 0.191 e. The molecule has 0 spiro atoms. The second-order valence-electron chi connectivity index (χ2n) is 7.83. The van der Waals surface area contributed by atoms with Gasteiger partial charge in [0.15, 0.2) is 5.96 Å². The number of rotatable bonds is 9. The fraction of sp³-hybridized carbons (Fsp3) is 0.947. The molecular weight excluding hydrogens is 425 g/mol. The lowest BCUT2D eigenvalue weighted by Crippen LogP contribution is -2.52. The summed E-state index contributed by atoms with van der Waals surface area (Å²) in [5.74, 6) is 2.37. The smallest absolute Gasteiger partial charge is 0.191 e. The summed E-state index contributed by atoms with van der Waals surface area (Å²) >= 11 is 0. The van der Waals surface area contributed by atoms with Crippen molar-refractivity contribution in [3.8, 4) is 0 Å². The SMILES string of the molecule is CCNC(=NCC(C(C)C)N1CCN(C)CC1)NCCCC(C)C.I. The molecule has 1 heterocycles. The van der Waals surface area contributed by atoms with Crippen LogP contribution >= 0.6 is 24.0 Å². The summed E-state index contributed by atoms with van der Waals surface area (Å²) in [5, 5.41) is 6.88. The molecular formula is C19H42IN5. The van der Waals surface area contributed by atoms with Crippen molar-refractivity contribution in [2.24, 2.45) is 16.8 Å². The Morgan fingerprint density at radius 1 is 1.04 bits per heavy atom. The summed E-state index contributed by atoms with van der Waals surface area (Å²) < 4.78 is 0. The van der Waals surface area contributed by atoms with Crippen LogP contribution in [0.1, 0.15) is 47.5 Å². The van der Waals surface area contributed by atoms with Crippen LogP contribution in [0.2, 0.25) is 0 Å². The lowest BCUT2D eigenvalue weighted by molar-refractivity contribution is 0.0925. The molecule has 6 heteroatoms. The van der Waals surface area contributed by atoms with Gasteiger partial charge in [-0.25, -0.2) is 0 Å². The molecule has 0 bridgehead atoms. The van der Waals surface area contributed by atoms with Crippen molar-refractivity contribution in [3.63, 3.8) is 0 Å². The molecule has 1 unspecified atom stereocenters. The number of nitrogens with one attached hydrogen (secondary N) is 2. The van der Waals surface area contributed by atoms with E-state index in [9.17, 15) is 0 Å². The van der Waals surface area contributed by atoms with Gasteiger partial charge < -0.3 is 15.5 Å². The van der Waals surface area contributed by atoms with E-state index in [-0.39, 0.29) is 24.0 Å². The summed E-state index contributed by atoms with van der Waals surface area (Å²) in [7, 11) is 2.21. The second kappa shape index (κ2) is 14.0. The van der Waals surface area contributed by atoms with Crippen LogP contribution in [0.5, 0.6) is 0 Å². The van der Waals surface area contributed by atoms with Gasteiger partial charge in [-0.2, -0.15) is 0 Å². The average Bonchev–Trinajstić information content (AvgIpc) is 2.52. The maximum atomic E-state index is 4.89. The largest absolute Gasteiger partial charge is 0.357 e. The highest BCUT2D eigenvalue weighted by atomic mass is 127. The van der Waals surface area contributed by atoms with Crippen molar-refractivity contribution < 1.29 is 0 Å². The summed E-state index contributed by atoms with van der Waals surface area (Å²) in [4.78, 5) is 9.92. The zero-order valence-corrected chi connectivity index (χ0v) is 19.7. The van der Waals surface area contributed by atoms with Crippen molar-refractivity contribution >= 4 is 29.9 Å². The van der Waals surface area contributed by atoms with Gasteiger partial charge in [-0.1, -0.05) is 27.7 Å². The first-order valence-electron chi connectivity index (χ1n) is 9.88. The molecule has 1 fully saturated rings. The highest BCUT2D eigenvalue weighted by Gasteiger charge is 2.24. The Bertz CT molecular complexity index is 352. The van der Waals surface area contributed by atoms with Crippen molar-refractivity contribution in [1.82, 2.24) is 20.4 Å². The Morgan fingerprint density at radius 3 is 2.20 bits per heavy atom. The molecule has 1 rings (SSSR count). The zero-order chi connectivity index (χ0) is 17.9. The van der Waals surface area contributed by atoms with Crippen molar-refractivity contribution in [2.45, 2.75) is 53.5 Å². The summed E-state index contributed by atoms with van der Waals surface area (Å²) in [6, 6.07) is 0.532. The Morgan fingerprint density at radius 2 is 1.68 bits per heavy atom. The lowest BCUT2D eigenvalue weighted by Gasteiger charge is -2.39. The number of hydrogen-bond acceptors (Lipinski definition) is 3. The first-order chi connectivity index (χ1) is 11.4. The predicted molar refractivity (Wildman–Crippen MR) is 121 cm³/mol. The van der Waals surface area contributed by atoms with E-state index in [1.807, 2.05) is 0 Å². The van der Waals surface area contributed by atoms with E-state index in [2.05, 4.69) is 62.1 Å². The molecule has 0 amide bonds. The molecule has 2 N–H and O–H groups in total. The Kier molecular flexibility index (Phi) is 14.0. The van der Waals surface area contributed by atoms with Gasteiger partial charge in [0.25, 0.3) is 0 Å². The van der Waals surface area contributed by atoms with Crippen LogP contribution in [-0.2, 0) is 0 Å². The number of nitrogens with zero attached hydrogens (tertiary/aromatic N) is 3. The Labute approximate surface area is 173 Å². The third-order valence-electron chi connectivity index (χ3n) is 4.81. The van der Waals surface area contributed by atoms with Crippen LogP contribution in [-0.4, -0.2) is 74.7 Å². The average molecular weight is 467 g/mol. The summed E-state index contributed by atoms with van der Waals surface area (Å²) in [5.41, 5.74) is 0. The molecule has 150 valence electrons. The van der Waals surface area contributed by atoms with Gasteiger partial charge in [-0.3, -0.25) is 9.89 Å².